The lowest BCUT2D eigenvalue weighted by Crippen LogP contribution is -2.47. The fourth-order valence-corrected chi connectivity index (χ4v) is 7.19. The molecule has 16 heteroatoms. The molecule has 44 heavy (non-hydrogen) atoms. The number of nitrogens with one attached hydrogen (secondary N) is 1. The molecule has 1 unspecified atom stereocenters. The lowest BCUT2D eigenvalue weighted by atomic mass is 10.0. The maximum atomic E-state index is 13.1. The van der Waals surface area contributed by atoms with E-state index < -0.39 is 33.0 Å². The number of aromatic nitrogens is 2. The van der Waals surface area contributed by atoms with Gasteiger partial charge in [0.05, 0.1) is 28.2 Å². The van der Waals surface area contributed by atoms with Crippen LogP contribution in [0.25, 0.3) is 11.3 Å². The van der Waals surface area contributed by atoms with Gasteiger partial charge in [-0.05, 0) is 30.2 Å². The molecule has 5 rings (SSSR count). The highest BCUT2D eigenvalue weighted by atomic mass is 35.5. The lowest BCUT2D eigenvalue weighted by Gasteiger charge is -2.37. The number of sulfonamides is 1. The molecule has 240 valence electrons. The lowest BCUT2D eigenvalue weighted by molar-refractivity contribution is -0.137. The van der Waals surface area contributed by atoms with Crippen molar-refractivity contribution in [2.75, 3.05) is 50.4 Å². The van der Waals surface area contributed by atoms with E-state index >= 15 is 0 Å². The van der Waals surface area contributed by atoms with E-state index in [2.05, 4.69) is 14.5 Å². The summed E-state index contributed by atoms with van der Waals surface area (Å²) < 4.78 is 91.7. The molecule has 2 aliphatic rings. The molecule has 0 bridgehead atoms. The van der Waals surface area contributed by atoms with Gasteiger partial charge in [-0.25, -0.2) is 13.1 Å². The largest absolute Gasteiger partial charge is 0.760 e. The minimum atomic E-state index is -4.46. The number of para-hydroxylation sites is 1. The van der Waals surface area contributed by atoms with E-state index in [1.54, 1.807) is 12.1 Å². The Kier molecular flexibility index (Phi) is 10.0. The van der Waals surface area contributed by atoms with Crippen LogP contribution in [-0.2, 0) is 53.5 Å². The summed E-state index contributed by atoms with van der Waals surface area (Å²) in [6.07, 6.45) is -2.07. The van der Waals surface area contributed by atoms with Gasteiger partial charge in [0, 0.05) is 93.4 Å². The standard InChI is InChI=1S/C28H34ClF3N6O4S2/c1-44(41,42)37-13-10-25-23(19-37)26(20-6-8-22(9-7-20)28(30,31)32)34-38(25)12-3-11-35-14-16-36(17-15-35)27-21(18-33-43(39)40)4-2-5-24(27)29/h2,4-9,33H,3,10-19H2,1H3,(H,39,40)/p-1. The molecule has 0 saturated carbocycles. The Morgan fingerprint density at radius 1 is 1.05 bits per heavy atom. The molecule has 10 nitrogen and oxygen atoms in total. The molecule has 1 fully saturated rings. The zero-order valence-electron chi connectivity index (χ0n) is 24.0. The fraction of sp³-hybridized carbons (Fsp3) is 0.464. The first kappa shape index (κ1) is 32.9. The molecule has 0 spiro atoms. The number of rotatable bonds is 10. The number of hydrogen-bond acceptors (Lipinski definition) is 7. The number of halogens is 4. The van der Waals surface area contributed by atoms with Crippen LogP contribution in [0.15, 0.2) is 42.5 Å². The molecule has 0 amide bonds. The van der Waals surface area contributed by atoms with Gasteiger partial charge in [0.25, 0.3) is 0 Å². The predicted octanol–water partition coefficient (Wildman–Crippen LogP) is 3.64. The third-order valence-electron chi connectivity index (χ3n) is 8.04. The van der Waals surface area contributed by atoms with Crippen molar-refractivity contribution in [1.82, 2.24) is 23.7 Å². The molecule has 1 N–H and O–H groups in total. The average Bonchev–Trinajstić information content (AvgIpc) is 3.33. The highest BCUT2D eigenvalue weighted by molar-refractivity contribution is 7.88. The Morgan fingerprint density at radius 3 is 2.39 bits per heavy atom. The predicted molar refractivity (Wildman–Crippen MR) is 162 cm³/mol. The van der Waals surface area contributed by atoms with Gasteiger partial charge >= 0.3 is 6.18 Å². The molecular formula is C28H33ClF3N6O4S2-. The second-order valence-corrected chi connectivity index (χ2v) is 14.1. The van der Waals surface area contributed by atoms with Crippen molar-refractivity contribution in [3.63, 3.8) is 0 Å². The first-order chi connectivity index (χ1) is 20.8. The highest BCUT2D eigenvalue weighted by Crippen LogP contribution is 2.35. The SMILES string of the molecule is CS(=O)(=O)N1CCc2c(c(-c3ccc(C(F)(F)F)cc3)nn2CCCN2CCN(c3c(Cl)cccc3CNS(=O)[O-])CC2)C1. The number of hydrogen-bond donors (Lipinski definition) is 1. The second kappa shape index (κ2) is 13.4. The maximum Gasteiger partial charge on any atom is 0.416 e. The number of benzene rings is 2. The fourth-order valence-electron chi connectivity index (χ4n) is 5.82. The smallest absolute Gasteiger partial charge is 0.416 e. The Hall–Kier alpha value is -2.53. The monoisotopic (exact) mass is 673 g/mol. The van der Waals surface area contributed by atoms with Gasteiger partial charge in [-0.15, -0.1) is 0 Å². The van der Waals surface area contributed by atoms with Crippen molar-refractivity contribution in [2.45, 2.75) is 38.7 Å². The highest BCUT2D eigenvalue weighted by Gasteiger charge is 2.32. The van der Waals surface area contributed by atoms with E-state index in [1.807, 2.05) is 10.7 Å². The summed E-state index contributed by atoms with van der Waals surface area (Å²) in [6, 6.07) is 10.2. The molecule has 2 aliphatic heterocycles. The first-order valence-electron chi connectivity index (χ1n) is 14.1. The quantitative estimate of drug-likeness (QED) is 0.327. The van der Waals surface area contributed by atoms with Crippen molar-refractivity contribution < 1.29 is 30.4 Å². The summed E-state index contributed by atoms with van der Waals surface area (Å²) in [5.74, 6) is 0. The summed E-state index contributed by atoms with van der Waals surface area (Å²) in [5, 5.41) is 5.34. The topological polar surface area (TPSA) is 114 Å². The van der Waals surface area contributed by atoms with Gasteiger partial charge < -0.3 is 9.45 Å². The van der Waals surface area contributed by atoms with Crippen LogP contribution in [0, 0.1) is 0 Å². The number of nitrogens with zero attached hydrogens (tertiary/aromatic N) is 5. The van der Waals surface area contributed by atoms with E-state index in [0.29, 0.717) is 48.9 Å². The third-order valence-corrected chi connectivity index (χ3v) is 9.97. The van der Waals surface area contributed by atoms with E-state index in [4.69, 9.17) is 16.7 Å². The van der Waals surface area contributed by atoms with Crippen molar-refractivity contribution in [2.24, 2.45) is 0 Å². The van der Waals surface area contributed by atoms with Crippen LogP contribution in [0.3, 0.4) is 0 Å². The van der Waals surface area contributed by atoms with Crippen molar-refractivity contribution in [1.29, 1.82) is 0 Å². The molecule has 1 aromatic heterocycles. The Balaban J connectivity index is 1.25. The third kappa shape index (κ3) is 7.63. The van der Waals surface area contributed by atoms with Gasteiger partial charge in [-0.2, -0.15) is 22.6 Å². The minimum Gasteiger partial charge on any atom is -0.760 e. The van der Waals surface area contributed by atoms with Gasteiger partial charge in [0.15, 0.2) is 0 Å². The number of piperazine rings is 1. The number of aryl methyl sites for hydroxylation is 1. The van der Waals surface area contributed by atoms with E-state index in [9.17, 15) is 30.4 Å². The molecule has 1 saturated heterocycles. The van der Waals surface area contributed by atoms with E-state index in [-0.39, 0.29) is 13.1 Å². The van der Waals surface area contributed by atoms with Crippen LogP contribution in [0.4, 0.5) is 18.9 Å². The molecular weight excluding hydrogens is 641 g/mol. The van der Waals surface area contributed by atoms with Crippen LogP contribution >= 0.6 is 11.6 Å². The van der Waals surface area contributed by atoms with E-state index in [0.717, 1.165) is 67.0 Å². The Labute approximate surface area is 262 Å². The summed E-state index contributed by atoms with van der Waals surface area (Å²) in [4.78, 5) is 4.49. The number of anilines is 1. The maximum absolute atomic E-state index is 13.1. The minimum absolute atomic E-state index is 0.122. The first-order valence-corrected chi connectivity index (χ1v) is 17.4. The average molecular weight is 674 g/mol. The van der Waals surface area contributed by atoms with Crippen LogP contribution in [0.2, 0.25) is 5.02 Å². The van der Waals surface area contributed by atoms with Gasteiger partial charge in [-0.3, -0.25) is 13.8 Å². The van der Waals surface area contributed by atoms with Gasteiger partial charge in [0.2, 0.25) is 10.0 Å². The number of alkyl halides is 3. The molecule has 3 aromatic rings. The summed E-state index contributed by atoms with van der Waals surface area (Å²) >= 11 is 4.12. The Bertz CT molecular complexity index is 1610. The molecule has 2 aromatic carbocycles. The summed E-state index contributed by atoms with van der Waals surface area (Å²) in [6.45, 7) is 4.95. The molecule has 1 atom stereocenters. The van der Waals surface area contributed by atoms with E-state index in [1.165, 1.54) is 16.4 Å². The van der Waals surface area contributed by atoms with Crippen molar-refractivity contribution >= 4 is 38.6 Å². The van der Waals surface area contributed by atoms with Gasteiger partial charge in [-0.1, -0.05) is 35.9 Å². The molecule has 0 aliphatic carbocycles. The van der Waals surface area contributed by atoms with Crippen molar-refractivity contribution in [3.05, 3.63) is 69.9 Å². The summed E-state index contributed by atoms with van der Waals surface area (Å²) in [5.41, 5.74) is 3.51. The second-order valence-electron chi connectivity index (χ2n) is 10.9. The van der Waals surface area contributed by atoms with Crippen LogP contribution < -0.4 is 9.62 Å². The normalized spacial score (nSPS) is 17.5. The zero-order valence-corrected chi connectivity index (χ0v) is 26.4. The molecule has 3 heterocycles. The van der Waals surface area contributed by atoms with Crippen LogP contribution in [0.1, 0.15) is 28.8 Å². The van der Waals surface area contributed by atoms with Gasteiger partial charge in [0.1, 0.15) is 0 Å². The Morgan fingerprint density at radius 2 is 1.75 bits per heavy atom. The zero-order chi connectivity index (χ0) is 31.6. The number of fused-ring (bicyclic) bond motifs is 1. The molecule has 0 radical (unpaired) electrons. The van der Waals surface area contributed by atoms with Crippen LogP contribution in [0.5, 0.6) is 0 Å². The summed E-state index contributed by atoms with van der Waals surface area (Å²) in [7, 11) is -3.46. The van der Waals surface area contributed by atoms with Crippen LogP contribution in [-0.4, -0.2) is 81.7 Å². The van der Waals surface area contributed by atoms with Crippen molar-refractivity contribution in [3.8, 4) is 11.3 Å².